The fraction of sp³-hybridized carbons (Fsp3) is 0.857. The van der Waals surface area contributed by atoms with Crippen LogP contribution in [0.4, 0.5) is 0 Å². The normalized spacial score (nSPS) is 17.4. The van der Waals surface area contributed by atoms with Gasteiger partial charge in [-0.2, -0.15) is 0 Å². The van der Waals surface area contributed by atoms with Crippen LogP contribution in [0.1, 0.15) is 6.42 Å². The maximum Gasteiger partial charge on any atom is 0.0890 e. The lowest BCUT2D eigenvalue weighted by molar-refractivity contribution is 0.0130. The molecule has 1 unspecified atom stereocenters. The lowest BCUT2D eigenvalue weighted by Crippen LogP contribution is -2.33. The molecule has 1 radical (unpaired) electrons. The summed E-state index contributed by atoms with van der Waals surface area (Å²) in [5.74, 6) is 0. The molecule has 10 heavy (non-hydrogen) atoms. The van der Waals surface area contributed by atoms with E-state index < -0.39 is 5.60 Å². The molecule has 0 heterocycles. The van der Waals surface area contributed by atoms with E-state index in [2.05, 4.69) is 6.92 Å². The largest absolute Gasteiger partial charge is 0.393 e. The molecule has 0 aromatic heterocycles. The van der Waals surface area contributed by atoms with Crippen molar-refractivity contribution in [1.82, 2.24) is 4.90 Å². The van der Waals surface area contributed by atoms with Gasteiger partial charge in [0.15, 0.2) is 0 Å². The van der Waals surface area contributed by atoms with Crippen molar-refractivity contribution in [3.63, 3.8) is 0 Å². The van der Waals surface area contributed by atoms with E-state index in [0.29, 0.717) is 6.42 Å². The minimum absolute atomic E-state index is 0.277. The Labute approximate surface area is 62.3 Å². The SMILES string of the molecule is [CH2]C(O)(CO)CCN(C)C. The molecule has 2 N–H and O–H groups in total. The van der Waals surface area contributed by atoms with Crippen LogP contribution < -0.4 is 0 Å². The zero-order chi connectivity index (χ0) is 8.20. The quantitative estimate of drug-likeness (QED) is 0.561. The molecular formula is C7H16NO2. The smallest absolute Gasteiger partial charge is 0.0890 e. The second-order valence-corrected chi connectivity index (χ2v) is 2.94. The maximum atomic E-state index is 9.18. The van der Waals surface area contributed by atoms with Gasteiger partial charge in [-0.3, -0.25) is 0 Å². The van der Waals surface area contributed by atoms with Crippen LogP contribution in [0.3, 0.4) is 0 Å². The topological polar surface area (TPSA) is 43.7 Å². The van der Waals surface area contributed by atoms with Crippen molar-refractivity contribution in [3.8, 4) is 0 Å². The Balaban J connectivity index is 3.46. The molecule has 0 aliphatic carbocycles. The summed E-state index contributed by atoms with van der Waals surface area (Å²) >= 11 is 0. The summed E-state index contributed by atoms with van der Waals surface area (Å²) in [5, 5.41) is 17.8. The minimum atomic E-state index is -1.16. The zero-order valence-corrected chi connectivity index (χ0v) is 6.67. The zero-order valence-electron chi connectivity index (χ0n) is 6.67. The first-order valence-corrected chi connectivity index (χ1v) is 3.31. The summed E-state index contributed by atoms with van der Waals surface area (Å²) in [6.45, 7) is 3.90. The van der Waals surface area contributed by atoms with E-state index in [9.17, 15) is 5.11 Å². The fourth-order valence-electron chi connectivity index (χ4n) is 0.511. The Bertz CT molecular complexity index is 91.6. The monoisotopic (exact) mass is 146 g/mol. The summed E-state index contributed by atoms with van der Waals surface area (Å²) in [4.78, 5) is 1.94. The molecule has 3 heteroatoms. The Morgan fingerprint density at radius 1 is 1.50 bits per heavy atom. The molecule has 0 saturated carbocycles. The summed E-state index contributed by atoms with van der Waals surface area (Å²) in [7, 11) is 3.82. The maximum absolute atomic E-state index is 9.18. The van der Waals surface area contributed by atoms with E-state index in [4.69, 9.17) is 5.11 Å². The first-order valence-electron chi connectivity index (χ1n) is 3.31. The average Bonchev–Trinajstić information content (AvgIpc) is 1.85. The number of hydrogen-bond donors (Lipinski definition) is 2. The van der Waals surface area contributed by atoms with Gasteiger partial charge in [-0.25, -0.2) is 0 Å². The van der Waals surface area contributed by atoms with Crippen molar-refractivity contribution in [2.45, 2.75) is 12.0 Å². The molecule has 0 saturated heterocycles. The molecule has 61 valence electrons. The van der Waals surface area contributed by atoms with Gasteiger partial charge in [-0.1, -0.05) is 0 Å². The van der Waals surface area contributed by atoms with Crippen LogP contribution in [0.25, 0.3) is 0 Å². The molecule has 0 aliphatic heterocycles. The predicted octanol–water partition coefficient (Wildman–Crippen LogP) is -0.504. The molecule has 0 spiro atoms. The fourth-order valence-corrected chi connectivity index (χ4v) is 0.511. The van der Waals surface area contributed by atoms with E-state index in [1.807, 2.05) is 19.0 Å². The third-order valence-corrected chi connectivity index (χ3v) is 1.32. The summed E-state index contributed by atoms with van der Waals surface area (Å²) in [6.07, 6.45) is 0.497. The Kier molecular flexibility index (Phi) is 3.86. The summed E-state index contributed by atoms with van der Waals surface area (Å²) in [6, 6.07) is 0. The van der Waals surface area contributed by atoms with Gasteiger partial charge in [-0.05, 0) is 27.4 Å². The molecule has 0 aromatic rings. The molecule has 0 aliphatic rings. The lowest BCUT2D eigenvalue weighted by Gasteiger charge is -2.21. The van der Waals surface area contributed by atoms with Gasteiger partial charge >= 0.3 is 0 Å². The molecule has 0 amide bonds. The van der Waals surface area contributed by atoms with Crippen molar-refractivity contribution >= 4 is 0 Å². The lowest BCUT2D eigenvalue weighted by atomic mass is 10.0. The van der Waals surface area contributed by atoms with Crippen LogP contribution >= 0.6 is 0 Å². The third kappa shape index (κ3) is 4.73. The van der Waals surface area contributed by atoms with Crippen LogP contribution in [0.15, 0.2) is 0 Å². The molecule has 0 bridgehead atoms. The standard InChI is InChI=1S/C7H16NO2/c1-7(10,6-9)4-5-8(2)3/h9-10H,1,4-6H2,2-3H3. The van der Waals surface area contributed by atoms with E-state index in [-0.39, 0.29) is 6.61 Å². The Morgan fingerprint density at radius 2 is 2.00 bits per heavy atom. The van der Waals surface area contributed by atoms with Crippen molar-refractivity contribution in [1.29, 1.82) is 0 Å². The van der Waals surface area contributed by atoms with Crippen LogP contribution in [0.5, 0.6) is 0 Å². The molecule has 3 nitrogen and oxygen atoms in total. The molecule has 0 rings (SSSR count). The highest BCUT2D eigenvalue weighted by Gasteiger charge is 2.18. The van der Waals surface area contributed by atoms with Gasteiger partial charge in [0.2, 0.25) is 0 Å². The molecule has 0 aromatic carbocycles. The van der Waals surface area contributed by atoms with Gasteiger partial charge in [0.25, 0.3) is 0 Å². The predicted molar refractivity (Wildman–Crippen MR) is 40.6 cm³/mol. The number of aliphatic hydroxyl groups excluding tert-OH is 1. The average molecular weight is 146 g/mol. The van der Waals surface area contributed by atoms with Crippen LogP contribution in [0.2, 0.25) is 0 Å². The highest BCUT2D eigenvalue weighted by Crippen LogP contribution is 2.06. The van der Waals surface area contributed by atoms with Gasteiger partial charge < -0.3 is 15.1 Å². The van der Waals surface area contributed by atoms with Crippen molar-refractivity contribution in [2.24, 2.45) is 0 Å². The first-order chi connectivity index (χ1) is 4.48. The van der Waals surface area contributed by atoms with E-state index in [1.165, 1.54) is 0 Å². The molecule has 0 fully saturated rings. The van der Waals surface area contributed by atoms with Gasteiger partial charge in [0.05, 0.1) is 12.2 Å². The van der Waals surface area contributed by atoms with E-state index >= 15 is 0 Å². The van der Waals surface area contributed by atoms with Gasteiger partial charge in [-0.15, -0.1) is 0 Å². The number of nitrogens with zero attached hydrogens (tertiary/aromatic N) is 1. The van der Waals surface area contributed by atoms with Crippen LogP contribution in [-0.2, 0) is 0 Å². The van der Waals surface area contributed by atoms with Crippen molar-refractivity contribution in [3.05, 3.63) is 6.92 Å². The van der Waals surface area contributed by atoms with Crippen LogP contribution in [-0.4, -0.2) is 48.0 Å². The second-order valence-electron chi connectivity index (χ2n) is 2.94. The number of aliphatic hydroxyl groups is 2. The van der Waals surface area contributed by atoms with Crippen molar-refractivity contribution < 1.29 is 10.2 Å². The van der Waals surface area contributed by atoms with Crippen molar-refractivity contribution in [2.75, 3.05) is 27.2 Å². The number of rotatable bonds is 4. The number of hydrogen-bond acceptors (Lipinski definition) is 3. The Hall–Kier alpha value is -0.120. The third-order valence-electron chi connectivity index (χ3n) is 1.32. The second kappa shape index (κ2) is 3.91. The van der Waals surface area contributed by atoms with Gasteiger partial charge in [0.1, 0.15) is 0 Å². The summed E-state index contributed by atoms with van der Waals surface area (Å²) in [5.41, 5.74) is -1.16. The highest BCUT2D eigenvalue weighted by atomic mass is 16.3. The Morgan fingerprint density at radius 3 is 2.30 bits per heavy atom. The highest BCUT2D eigenvalue weighted by molar-refractivity contribution is 4.80. The van der Waals surface area contributed by atoms with E-state index in [0.717, 1.165) is 6.54 Å². The van der Waals surface area contributed by atoms with Gasteiger partial charge in [0, 0.05) is 6.54 Å². The van der Waals surface area contributed by atoms with Crippen LogP contribution in [0, 0.1) is 6.92 Å². The first kappa shape index (κ1) is 9.88. The molecular weight excluding hydrogens is 130 g/mol. The minimum Gasteiger partial charge on any atom is -0.393 e. The summed E-state index contributed by atoms with van der Waals surface area (Å²) < 4.78 is 0. The van der Waals surface area contributed by atoms with E-state index in [1.54, 1.807) is 0 Å². The molecule has 1 atom stereocenters.